The van der Waals surface area contributed by atoms with Crippen molar-refractivity contribution in [2.75, 3.05) is 13.4 Å². The van der Waals surface area contributed by atoms with Crippen LogP contribution in [-0.4, -0.2) is 25.5 Å². The normalized spacial score (nSPS) is 23.7. The van der Waals surface area contributed by atoms with Gasteiger partial charge < -0.3 is 19.5 Å². The van der Waals surface area contributed by atoms with Gasteiger partial charge in [0.05, 0.1) is 6.61 Å². The van der Waals surface area contributed by atoms with Gasteiger partial charge in [-0.05, 0) is 66.3 Å². The Kier molecular flexibility index (Phi) is 8.72. The predicted octanol–water partition coefficient (Wildman–Crippen LogP) is 6.77. The minimum atomic E-state index is -0.329. The molecule has 190 valence electrons. The summed E-state index contributed by atoms with van der Waals surface area (Å²) in [5.74, 6) is 1.86. The van der Waals surface area contributed by atoms with Crippen molar-refractivity contribution in [3.05, 3.63) is 65.2 Å². The van der Waals surface area contributed by atoms with Crippen LogP contribution in [-0.2, 0) is 27.9 Å². The average molecular weight is 480 g/mol. The quantitative estimate of drug-likeness (QED) is 0.318. The third kappa shape index (κ3) is 6.58. The second-order valence-corrected chi connectivity index (χ2v) is 10.8. The third-order valence-electron chi connectivity index (χ3n) is 7.74. The Bertz CT molecular complexity index is 960. The molecule has 0 aromatic heterocycles. The molecule has 1 N–H and O–H groups in total. The summed E-state index contributed by atoms with van der Waals surface area (Å²) < 4.78 is 17.3. The fourth-order valence-electron chi connectivity index (χ4n) is 5.73. The van der Waals surface area contributed by atoms with Crippen LogP contribution in [0.25, 0.3) is 0 Å². The van der Waals surface area contributed by atoms with Crippen LogP contribution in [0.4, 0.5) is 4.79 Å². The number of hydrogen-bond donors (Lipinski definition) is 1. The highest BCUT2D eigenvalue weighted by atomic mass is 16.7. The van der Waals surface area contributed by atoms with E-state index in [-0.39, 0.29) is 30.9 Å². The molecule has 0 aliphatic heterocycles. The standard InChI is InChI=1S/C30H41NO4/c1-22(2)15-17-33-21-35-26-14-13-24-18-25-12-8-5-9-16-30(3,27(24)19-26)28(25)31-29(32)34-20-23-10-6-4-7-11-23/h4,6-7,10-11,13-14,19,22,25,28H,5,8-9,12,15-18,20-21H2,1-3H3,(H,31,32)/t25-,28-,30+/m0/s1. The molecule has 5 nitrogen and oxygen atoms in total. The number of ether oxygens (including phenoxy) is 3. The molecule has 2 bridgehead atoms. The van der Waals surface area contributed by atoms with Gasteiger partial charge in [0.15, 0.2) is 6.79 Å². The largest absolute Gasteiger partial charge is 0.468 e. The molecule has 4 rings (SSSR count). The van der Waals surface area contributed by atoms with Gasteiger partial charge in [0.1, 0.15) is 12.4 Å². The second-order valence-electron chi connectivity index (χ2n) is 10.8. The van der Waals surface area contributed by atoms with Crippen LogP contribution < -0.4 is 10.1 Å². The van der Waals surface area contributed by atoms with Crippen LogP contribution in [0.1, 0.15) is 76.0 Å². The Labute approximate surface area is 210 Å². The number of amides is 1. The minimum absolute atomic E-state index is 0.0381. The van der Waals surface area contributed by atoms with E-state index < -0.39 is 0 Å². The van der Waals surface area contributed by atoms with E-state index >= 15 is 0 Å². The Morgan fingerprint density at radius 3 is 2.74 bits per heavy atom. The van der Waals surface area contributed by atoms with Gasteiger partial charge in [0.25, 0.3) is 0 Å². The van der Waals surface area contributed by atoms with Gasteiger partial charge >= 0.3 is 6.09 Å². The molecule has 1 amide bonds. The van der Waals surface area contributed by atoms with Crippen LogP contribution in [0, 0.1) is 11.8 Å². The van der Waals surface area contributed by atoms with E-state index in [4.69, 9.17) is 14.2 Å². The lowest BCUT2D eigenvalue weighted by atomic mass is 9.59. The lowest BCUT2D eigenvalue weighted by Crippen LogP contribution is -2.57. The molecule has 0 spiro atoms. The molecule has 0 saturated heterocycles. The Balaban J connectivity index is 1.48. The van der Waals surface area contributed by atoms with Crippen LogP contribution in [0.5, 0.6) is 5.75 Å². The number of fused-ring (bicyclic) bond motifs is 4. The molecule has 5 heteroatoms. The molecule has 2 aliphatic carbocycles. The second kappa shape index (κ2) is 11.9. The van der Waals surface area contributed by atoms with Crippen LogP contribution in [0.15, 0.2) is 48.5 Å². The first kappa shape index (κ1) is 25.6. The summed E-state index contributed by atoms with van der Waals surface area (Å²) in [5.41, 5.74) is 3.50. The number of nitrogens with one attached hydrogen (secondary N) is 1. The van der Waals surface area contributed by atoms with Crippen molar-refractivity contribution >= 4 is 6.09 Å². The highest BCUT2D eigenvalue weighted by Gasteiger charge is 2.46. The van der Waals surface area contributed by atoms with Gasteiger partial charge in [-0.3, -0.25) is 0 Å². The summed E-state index contributed by atoms with van der Waals surface area (Å²) >= 11 is 0. The summed E-state index contributed by atoms with van der Waals surface area (Å²) in [5, 5.41) is 3.30. The topological polar surface area (TPSA) is 56.8 Å². The maximum Gasteiger partial charge on any atom is 0.407 e. The fourth-order valence-corrected chi connectivity index (χ4v) is 5.73. The van der Waals surface area contributed by atoms with E-state index in [1.54, 1.807) is 0 Å². The zero-order valence-electron chi connectivity index (χ0n) is 21.6. The molecule has 1 saturated carbocycles. The predicted molar refractivity (Wildman–Crippen MR) is 139 cm³/mol. The molecular weight excluding hydrogens is 438 g/mol. The first-order valence-electron chi connectivity index (χ1n) is 13.3. The molecule has 1 fully saturated rings. The summed E-state index contributed by atoms with van der Waals surface area (Å²) in [6.07, 6.45) is 7.44. The molecule has 0 radical (unpaired) electrons. The lowest BCUT2D eigenvalue weighted by molar-refractivity contribution is 0.0105. The van der Waals surface area contributed by atoms with Crippen LogP contribution in [0.3, 0.4) is 0 Å². The smallest absolute Gasteiger partial charge is 0.407 e. The van der Waals surface area contributed by atoms with E-state index in [0.29, 0.717) is 18.4 Å². The van der Waals surface area contributed by atoms with Gasteiger partial charge in [0.2, 0.25) is 0 Å². The van der Waals surface area contributed by atoms with Gasteiger partial charge in [-0.2, -0.15) is 0 Å². The first-order valence-corrected chi connectivity index (χ1v) is 13.3. The molecule has 2 aliphatic rings. The maximum atomic E-state index is 12.9. The van der Waals surface area contributed by atoms with Crippen molar-refractivity contribution in [1.29, 1.82) is 0 Å². The van der Waals surface area contributed by atoms with Crippen molar-refractivity contribution < 1.29 is 19.0 Å². The monoisotopic (exact) mass is 479 g/mol. The molecule has 0 unspecified atom stereocenters. The summed E-state index contributed by atoms with van der Waals surface area (Å²) in [6.45, 7) is 7.95. The van der Waals surface area contributed by atoms with Crippen molar-refractivity contribution in [3.63, 3.8) is 0 Å². The summed E-state index contributed by atoms with van der Waals surface area (Å²) in [4.78, 5) is 12.9. The Hall–Kier alpha value is -2.53. The van der Waals surface area contributed by atoms with Gasteiger partial charge in [-0.25, -0.2) is 4.79 Å². The maximum absolute atomic E-state index is 12.9. The van der Waals surface area contributed by atoms with E-state index in [1.807, 2.05) is 30.3 Å². The van der Waals surface area contributed by atoms with Crippen LogP contribution >= 0.6 is 0 Å². The SMILES string of the molecule is CC(C)CCOCOc1ccc2c(c1)[C@@]1(C)CCCCC[C@@H](C2)[C@@H]1NC(=O)OCc1ccccc1. The summed E-state index contributed by atoms with van der Waals surface area (Å²) in [6, 6.07) is 16.3. The lowest BCUT2D eigenvalue weighted by Gasteiger charge is -2.49. The number of rotatable bonds is 9. The van der Waals surface area contributed by atoms with Crippen LogP contribution in [0.2, 0.25) is 0 Å². The molecule has 0 heterocycles. The molecule has 35 heavy (non-hydrogen) atoms. The van der Waals surface area contributed by atoms with E-state index in [0.717, 1.165) is 43.4 Å². The number of alkyl carbamates (subject to hydrolysis) is 1. The summed E-state index contributed by atoms with van der Waals surface area (Å²) in [7, 11) is 0. The van der Waals surface area contributed by atoms with E-state index in [2.05, 4.69) is 44.3 Å². The number of hydrogen-bond acceptors (Lipinski definition) is 4. The Morgan fingerprint density at radius 1 is 1.11 bits per heavy atom. The Morgan fingerprint density at radius 2 is 1.94 bits per heavy atom. The van der Waals surface area contributed by atoms with Gasteiger partial charge in [-0.1, -0.05) is 76.4 Å². The van der Waals surface area contributed by atoms with Gasteiger partial charge in [-0.15, -0.1) is 0 Å². The highest BCUT2D eigenvalue weighted by molar-refractivity contribution is 5.68. The van der Waals surface area contributed by atoms with E-state index in [9.17, 15) is 4.79 Å². The van der Waals surface area contributed by atoms with Crippen molar-refractivity contribution in [2.45, 2.75) is 83.8 Å². The van der Waals surface area contributed by atoms with Crippen molar-refractivity contribution in [2.24, 2.45) is 11.8 Å². The van der Waals surface area contributed by atoms with Crippen molar-refractivity contribution in [3.8, 4) is 5.75 Å². The third-order valence-corrected chi connectivity index (χ3v) is 7.74. The first-order chi connectivity index (χ1) is 17.0. The number of benzene rings is 2. The van der Waals surface area contributed by atoms with Crippen molar-refractivity contribution in [1.82, 2.24) is 5.32 Å². The highest BCUT2D eigenvalue weighted by Crippen LogP contribution is 2.47. The number of carbonyl (C=O) groups is 1. The molecular formula is C30H41NO4. The zero-order chi connectivity index (χ0) is 24.7. The molecule has 2 aromatic rings. The number of carbonyl (C=O) groups excluding carboxylic acids is 1. The minimum Gasteiger partial charge on any atom is -0.468 e. The molecule has 2 aromatic carbocycles. The molecule has 3 atom stereocenters. The fraction of sp³-hybridized carbons (Fsp3) is 0.567. The zero-order valence-corrected chi connectivity index (χ0v) is 21.6. The average Bonchev–Trinajstić information content (AvgIpc) is 2.85. The van der Waals surface area contributed by atoms with E-state index in [1.165, 1.54) is 24.0 Å². The van der Waals surface area contributed by atoms with Gasteiger partial charge in [0, 0.05) is 11.5 Å².